The predicted molar refractivity (Wildman–Crippen MR) is 95.0 cm³/mol. The second-order valence-corrected chi connectivity index (χ2v) is 5.67. The second kappa shape index (κ2) is 11.4. The number of nitrogens with one attached hydrogen (secondary N) is 1. The van der Waals surface area contributed by atoms with Crippen LogP contribution in [-0.2, 0) is 4.79 Å². The molecule has 0 bridgehead atoms. The van der Waals surface area contributed by atoms with Crippen molar-refractivity contribution < 1.29 is 26.7 Å². The van der Waals surface area contributed by atoms with Crippen LogP contribution < -0.4 is 5.43 Å². The molecule has 27 heavy (non-hydrogen) atoms. The molecule has 0 aliphatic carbocycles. The zero-order valence-electron chi connectivity index (χ0n) is 14.3. The molecule has 1 fully saturated rings. The summed E-state index contributed by atoms with van der Waals surface area (Å²) in [6.07, 6.45) is 0.488. The largest absolute Gasteiger partial charge is 0.304 e. The topological polar surface area (TPSA) is 47.9 Å². The summed E-state index contributed by atoms with van der Waals surface area (Å²) in [4.78, 5) is 15.9. The number of carbonyl (C=O) groups excluding carboxylic acids is 1. The van der Waals surface area contributed by atoms with E-state index in [1.807, 2.05) is 12.5 Å². The maximum absolute atomic E-state index is 13.4. The molecule has 1 heterocycles. The molecule has 0 saturated carbocycles. The highest BCUT2D eigenvalue weighted by molar-refractivity contribution is 5.85. The van der Waals surface area contributed by atoms with Crippen LogP contribution in [0.2, 0.25) is 0 Å². The van der Waals surface area contributed by atoms with Gasteiger partial charge in [-0.1, -0.05) is 0 Å². The summed E-state index contributed by atoms with van der Waals surface area (Å²) >= 11 is 0. The lowest BCUT2D eigenvalue weighted by atomic mass is 10.2. The van der Waals surface area contributed by atoms with Gasteiger partial charge < -0.3 is 9.80 Å². The minimum Gasteiger partial charge on any atom is -0.304 e. The molecule has 154 valence electrons. The Morgan fingerprint density at radius 2 is 1.44 bits per heavy atom. The third-order valence-corrected chi connectivity index (χ3v) is 3.88. The van der Waals surface area contributed by atoms with Crippen molar-refractivity contribution in [3.63, 3.8) is 0 Å². The third kappa shape index (κ3) is 6.56. The van der Waals surface area contributed by atoms with Gasteiger partial charge in [-0.05, 0) is 7.05 Å². The fourth-order valence-electron chi connectivity index (χ4n) is 2.29. The third-order valence-electron chi connectivity index (χ3n) is 3.88. The van der Waals surface area contributed by atoms with Gasteiger partial charge in [0.1, 0.15) is 0 Å². The molecule has 1 N–H and O–H groups in total. The van der Waals surface area contributed by atoms with Crippen LogP contribution >= 0.6 is 24.8 Å². The van der Waals surface area contributed by atoms with Crippen molar-refractivity contribution in [1.82, 2.24) is 15.2 Å². The highest BCUT2D eigenvalue weighted by atomic mass is 35.5. The van der Waals surface area contributed by atoms with Gasteiger partial charge in [-0.15, -0.1) is 24.8 Å². The Morgan fingerprint density at radius 1 is 0.963 bits per heavy atom. The van der Waals surface area contributed by atoms with Crippen molar-refractivity contribution in [3.8, 4) is 0 Å². The average Bonchev–Trinajstić information content (AvgIpc) is 2.60. The molecule has 12 heteroatoms. The molecule has 0 aromatic heterocycles. The lowest BCUT2D eigenvalue weighted by molar-refractivity contribution is -0.121. The van der Waals surface area contributed by atoms with Crippen LogP contribution in [0.5, 0.6) is 0 Å². The Labute approximate surface area is 165 Å². The number of hydrogen-bond donors (Lipinski definition) is 1. The van der Waals surface area contributed by atoms with Crippen molar-refractivity contribution in [2.45, 2.75) is 6.42 Å². The molecule has 1 amide bonds. The number of likely N-dealkylation sites (N-methyl/N-ethyl adjacent to an activating group) is 1. The van der Waals surface area contributed by atoms with E-state index in [0.29, 0.717) is 12.8 Å². The minimum absolute atomic E-state index is 0. The lowest BCUT2D eigenvalue weighted by Gasteiger charge is -2.32. The van der Waals surface area contributed by atoms with Crippen LogP contribution in [0.4, 0.5) is 22.0 Å². The van der Waals surface area contributed by atoms with Crippen molar-refractivity contribution in [2.24, 2.45) is 5.10 Å². The van der Waals surface area contributed by atoms with E-state index >= 15 is 0 Å². The number of hydrogen-bond acceptors (Lipinski definition) is 4. The fourth-order valence-corrected chi connectivity index (χ4v) is 2.29. The standard InChI is InChI=1S/C15H17F5N4O.2ClH/c1-23-4-6-24(7-5-23)3-2-10(25)22-21-8-9-11(16)13(18)15(20)14(19)12(9)17;;/h8H,2-7H2,1H3,(H,22,25);2*1H/b21-8+;;. The quantitative estimate of drug-likeness (QED) is 0.253. The van der Waals surface area contributed by atoms with Crippen molar-refractivity contribution in [2.75, 3.05) is 39.8 Å². The zero-order chi connectivity index (χ0) is 18.6. The van der Waals surface area contributed by atoms with Gasteiger partial charge in [-0.3, -0.25) is 4.79 Å². The smallest absolute Gasteiger partial charge is 0.241 e. The first-order valence-corrected chi connectivity index (χ1v) is 7.55. The number of nitrogens with zero attached hydrogens (tertiary/aromatic N) is 3. The highest BCUT2D eigenvalue weighted by Gasteiger charge is 2.24. The summed E-state index contributed by atoms with van der Waals surface area (Å²) in [7, 11) is 2.00. The summed E-state index contributed by atoms with van der Waals surface area (Å²) in [5.74, 6) is -10.9. The summed E-state index contributed by atoms with van der Waals surface area (Å²) in [6.45, 7) is 3.90. The summed E-state index contributed by atoms with van der Waals surface area (Å²) < 4.78 is 65.8. The normalized spacial score (nSPS) is 15.3. The molecule has 2 rings (SSSR count). The van der Waals surface area contributed by atoms with Gasteiger partial charge >= 0.3 is 0 Å². The molecule has 1 aliphatic rings. The van der Waals surface area contributed by atoms with E-state index in [0.717, 1.165) is 26.2 Å². The van der Waals surface area contributed by atoms with Crippen molar-refractivity contribution in [3.05, 3.63) is 34.6 Å². The molecule has 1 aromatic carbocycles. The zero-order valence-corrected chi connectivity index (χ0v) is 15.9. The van der Waals surface area contributed by atoms with E-state index in [1.54, 1.807) is 0 Å². The molecule has 0 radical (unpaired) electrons. The molecule has 0 atom stereocenters. The number of amides is 1. The van der Waals surface area contributed by atoms with Crippen LogP contribution in [-0.4, -0.2) is 61.7 Å². The Kier molecular flexibility index (Phi) is 10.7. The first kappa shape index (κ1) is 25.5. The SMILES string of the molecule is CN1CCN(CCC(=O)N/N=C/c2c(F)c(F)c(F)c(F)c2F)CC1.Cl.Cl. The number of piperazine rings is 1. The average molecular weight is 437 g/mol. The van der Waals surface area contributed by atoms with Crippen LogP contribution in [0, 0.1) is 29.1 Å². The second-order valence-electron chi connectivity index (χ2n) is 5.67. The summed E-state index contributed by atoms with van der Waals surface area (Å²) in [6, 6.07) is 0. The number of benzene rings is 1. The van der Waals surface area contributed by atoms with E-state index in [-0.39, 0.29) is 31.2 Å². The van der Waals surface area contributed by atoms with Gasteiger partial charge in [-0.25, -0.2) is 27.4 Å². The first-order valence-electron chi connectivity index (χ1n) is 7.55. The van der Waals surface area contributed by atoms with Crippen LogP contribution in [0.25, 0.3) is 0 Å². The predicted octanol–water partition coefficient (Wildman–Crippen LogP) is 2.31. The van der Waals surface area contributed by atoms with Crippen molar-refractivity contribution >= 4 is 36.9 Å². The molecule has 0 spiro atoms. The number of hydrazone groups is 1. The Bertz CT molecular complexity index is 656. The van der Waals surface area contributed by atoms with Crippen molar-refractivity contribution in [1.29, 1.82) is 0 Å². The lowest BCUT2D eigenvalue weighted by Crippen LogP contribution is -2.45. The molecular formula is C15H19Cl2F5N4O. The Balaban J connectivity index is 0.00000338. The van der Waals surface area contributed by atoms with Gasteiger partial charge in [0.2, 0.25) is 11.7 Å². The molecule has 1 aromatic rings. The highest BCUT2D eigenvalue weighted by Crippen LogP contribution is 2.21. The first-order chi connectivity index (χ1) is 11.8. The van der Waals surface area contributed by atoms with E-state index in [1.165, 1.54) is 0 Å². The van der Waals surface area contributed by atoms with E-state index in [2.05, 4.69) is 14.9 Å². The van der Waals surface area contributed by atoms with E-state index in [9.17, 15) is 26.7 Å². The monoisotopic (exact) mass is 436 g/mol. The molecule has 5 nitrogen and oxygen atoms in total. The van der Waals surface area contributed by atoms with Crippen LogP contribution in [0.1, 0.15) is 12.0 Å². The maximum Gasteiger partial charge on any atom is 0.241 e. The van der Waals surface area contributed by atoms with Crippen LogP contribution in [0.15, 0.2) is 5.10 Å². The summed E-state index contributed by atoms with van der Waals surface area (Å²) in [5.41, 5.74) is 0.797. The van der Waals surface area contributed by atoms with E-state index in [4.69, 9.17) is 0 Å². The van der Waals surface area contributed by atoms with Gasteiger partial charge in [0, 0.05) is 39.1 Å². The Hall–Kier alpha value is -1.49. The maximum atomic E-state index is 13.4. The number of halogens is 7. The molecular weight excluding hydrogens is 418 g/mol. The van der Waals surface area contributed by atoms with Gasteiger partial charge in [0.25, 0.3) is 0 Å². The van der Waals surface area contributed by atoms with Crippen LogP contribution in [0.3, 0.4) is 0 Å². The van der Waals surface area contributed by atoms with Gasteiger partial charge in [0.05, 0.1) is 11.8 Å². The number of carbonyl (C=O) groups is 1. The fraction of sp³-hybridized carbons (Fsp3) is 0.467. The minimum atomic E-state index is -2.25. The molecule has 1 aliphatic heterocycles. The molecule has 1 saturated heterocycles. The molecule has 0 unspecified atom stereocenters. The Morgan fingerprint density at radius 3 is 1.96 bits per heavy atom. The number of rotatable bonds is 5. The van der Waals surface area contributed by atoms with Gasteiger partial charge in [0.15, 0.2) is 23.3 Å². The van der Waals surface area contributed by atoms with Gasteiger partial charge in [-0.2, -0.15) is 5.10 Å². The summed E-state index contributed by atoms with van der Waals surface area (Å²) in [5, 5.41) is 3.26. The van der Waals surface area contributed by atoms with E-state index < -0.39 is 40.6 Å².